The van der Waals surface area contributed by atoms with Gasteiger partial charge in [-0.05, 0) is 63.1 Å². The first kappa shape index (κ1) is 24.5. The third-order valence-corrected chi connectivity index (χ3v) is 6.26. The second-order valence-corrected chi connectivity index (χ2v) is 9.58. The van der Waals surface area contributed by atoms with Gasteiger partial charge in [-0.15, -0.1) is 10.2 Å². The van der Waals surface area contributed by atoms with Gasteiger partial charge in [0.15, 0.2) is 5.16 Å². The molecular formula is C25H28N6O3S. The number of anilines is 1. The molecule has 4 rings (SSSR count). The van der Waals surface area contributed by atoms with Crippen LogP contribution in [0, 0.1) is 6.92 Å². The maximum atomic E-state index is 13.2. The quantitative estimate of drug-likeness (QED) is 0.364. The smallest absolute Gasteiger partial charge is 0.262 e. The summed E-state index contributed by atoms with van der Waals surface area (Å²) in [6, 6.07) is 12.5. The first-order chi connectivity index (χ1) is 16.8. The van der Waals surface area contributed by atoms with Crippen LogP contribution in [-0.2, 0) is 11.3 Å². The summed E-state index contributed by atoms with van der Waals surface area (Å²) in [7, 11) is 0. The molecular weight excluding hydrogens is 464 g/mol. The molecule has 2 aromatic carbocycles. The van der Waals surface area contributed by atoms with Crippen molar-refractivity contribution >= 4 is 45.9 Å². The van der Waals surface area contributed by atoms with E-state index in [9.17, 15) is 14.4 Å². The highest BCUT2D eigenvalue weighted by Crippen LogP contribution is 2.23. The van der Waals surface area contributed by atoms with E-state index in [0.717, 1.165) is 17.7 Å². The highest BCUT2D eigenvalue weighted by Gasteiger charge is 2.19. The molecule has 0 bridgehead atoms. The normalized spacial score (nSPS) is 11.3. The first-order valence-electron chi connectivity index (χ1n) is 11.5. The van der Waals surface area contributed by atoms with Gasteiger partial charge in [-0.1, -0.05) is 30.8 Å². The maximum absolute atomic E-state index is 13.2. The topological polar surface area (TPSA) is 110 Å². The summed E-state index contributed by atoms with van der Waals surface area (Å²) in [4.78, 5) is 38.4. The molecule has 35 heavy (non-hydrogen) atoms. The van der Waals surface area contributed by atoms with E-state index in [-0.39, 0.29) is 29.2 Å². The number of benzene rings is 2. The van der Waals surface area contributed by atoms with Crippen LogP contribution in [0.15, 0.2) is 52.4 Å². The molecule has 2 N–H and O–H groups in total. The number of hydrogen-bond acceptors (Lipinski definition) is 6. The van der Waals surface area contributed by atoms with Crippen LogP contribution in [0.5, 0.6) is 0 Å². The number of carbonyl (C=O) groups excluding carboxylic acids is 2. The molecule has 0 saturated heterocycles. The highest BCUT2D eigenvalue weighted by molar-refractivity contribution is 7.99. The summed E-state index contributed by atoms with van der Waals surface area (Å²) in [6.07, 6.45) is 0.740. The number of aryl methyl sites for hydroxylation is 2. The molecule has 0 saturated carbocycles. The molecule has 0 fully saturated rings. The minimum Gasteiger partial charge on any atom is -0.350 e. The Morgan fingerprint density at radius 1 is 1.11 bits per heavy atom. The fourth-order valence-corrected chi connectivity index (χ4v) is 4.58. The third kappa shape index (κ3) is 5.22. The Balaban J connectivity index is 1.73. The Bertz CT molecular complexity index is 1470. The van der Waals surface area contributed by atoms with Crippen LogP contribution < -0.4 is 16.2 Å². The second-order valence-electron chi connectivity index (χ2n) is 8.64. The summed E-state index contributed by atoms with van der Waals surface area (Å²) < 4.78 is 3.34. The van der Waals surface area contributed by atoms with Gasteiger partial charge in [-0.3, -0.25) is 23.4 Å². The van der Waals surface area contributed by atoms with Crippen LogP contribution >= 0.6 is 11.8 Å². The van der Waals surface area contributed by atoms with Gasteiger partial charge in [0, 0.05) is 23.8 Å². The van der Waals surface area contributed by atoms with Crippen LogP contribution in [0.2, 0.25) is 0 Å². The molecule has 2 aromatic heterocycles. The molecule has 9 nitrogen and oxygen atoms in total. The number of fused-ring (bicyclic) bond motifs is 3. The van der Waals surface area contributed by atoms with E-state index in [0.29, 0.717) is 33.9 Å². The van der Waals surface area contributed by atoms with Gasteiger partial charge in [0.25, 0.3) is 11.5 Å². The minimum atomic E-state index is -0.229. The average Bonchev–Trinajstić information content (AvgIpc) is 3.23. The van der Waals surface area contributed by atoms with E-state index in [1.165, 1.54) is 11.8 Å². The Morgan fingerprint density at radius 2 is 1.91 bits per heavy atom. The predicted molar refractivity (Wildman–Crippen MR) is 138 cm³/mol. The largest absolute Gasteiger partial charge is 0.350 e. The Hall–Kier alpha value is -3.66. The maximum Gasteiger partial charge on any atom is 0.262 e. The molecule has 10 heteroatoms. The van der Waals surface area contributed by atoms with Crippen LogP contribution in [0.1, 0.15) is 43.1 Å². The Kier molecular flexibility index (Phi) is 7.20. The molecule has 0 unspecified atom stereocenters. The van der Waals surface area contributed by atoms with Gasteiger partial charge in [-0.2, -0.15) is 0 Å². The number of nitrogens with one attached hydrogen (secondary N) is 2. The lowest BCUT2D eigenvalue weighted by atomic mass is 10.1. The van der Waals surface area contributed by atoms with Crippen molar-refractivity contribution < 1.29 is 9.59 Å². The number of carbonyl (C=O) groups is 2. The van der Waals surface area contributed by atoms with Gasteiger partial charge in [0.05, 0.1) is 16.7 Å². The van der Waals surface area contributed by atoms with Crippen LogP contribution in [0.4, 0.5) is 5.69 Å². The van der Waals surface area contributed by atoms with Gasteiger partial charge in [0.2, 0.25) is 11.7 Å². The molecule has 0 aliphatic rings. The third-order valence-electron chi connectivity index (χ3n) is 5.34. The molecule has 2 heterocycles. The molecule has 0 aliphatic heterocycles. The predicted octanol–water partition coefficient (Wildman–Crippen LogP) is 3.63. The van der Waals surface area contributed by atoms with E-state index in [2.05, 4.69) is 20.8 Å². The molecule has 0 atom stereocenters. The van der Waals surface area contributed by atoms with Crippen molar-refractivity contribution in [3.05, 3.63) is 63.9 Å². The number of rotatable bonds is 8. The first-order valence-corrected chi connectivity index (χ1v) is 12.5. The molecule has 0 radical (unpaired) electrons. The fraction of sp³-hybridized carbons (Fsp3) is 0.320. The van der Waals surface area contributed by atoms with Crippen molar-refractivity contribution in [2.45, 2.75) is 51.9 Å². The number of hydrogen-bond donors (Lipinski definition) is 2. The van der Waals surface area contributed by atoms with E-state index in [1.54, 1.807) is 27.2 Å². The van der Waals surface area contributed by atoms with Gasteiger partial charge in [0.1, 0.15) is 0 Å². The van der Waals surface area contributed by atoms with Crippen LogP contribution in [0.25, 0.3) is 16.7 Å². The van der Waals surface area contributed by atoms with Crippen molar-refractivity contribution in [2.75, 3.05) is 11.1 Å². The highest BCUT2D eigenvalue weighted by atomic mass is 32.2. The van der Waals surface area contributed by atoms with Crippen LogP contribution in [0.3, 0.4) is 0 Å². The average molecular weight is 493 g/mol. The molecule has 2 amide bonds. The molecule has 0 aliphatic carbocycles. The minimum absolute atomic E-state index is 0.0243. The van der Waals surface area contributed by atoms with Crippen molar-refractivity contribution in [1.29, 1.82) is 0 Å². The lowest BCUT2D eigenvalue weighted by molar-refractivity contribution is -0.113. The van der Waals surface area contributed by atoms with E-state index in [4.69, 9.17) is 0 Å². The van der Waals surface area contributed by atoms with Crippen molar-refractivity contribution in [3.8, 4) is 0 Å². The number of thioether (sulfide) groups is 1. The molecule has 0 spiro atoms. The fourth-order valence-electron chi connectivity index (χ4n) is 3.84. The molecule has 4 aromatic rings. The summed E-state index contributed by atoms with van der Waals surface area (Å²) in [5.74, 6) is 0.0805. The Morgan fingerprint density at radius 3 is 2.63 bits per heavy atom. The summed E-state index contributed by atoms with van der Waals surface area (Å²) >= 11 is 1.22. The van der Waals surface area contributed by atoms with E-state index in [1.807, 2.05) is 52.0 Å². The monoisotopic (exact) mass is 492 g/mol. The number of amides is 2. The summed E-state index contributed by atoms with van der Waals surface area (Å²) in [5.41, 5.74) is 2.55. The van der Waals surface area contributed by atoms with Gasteiger partial charge >= 0.3 is 0 Å². The zero-order valence-corrected chi connectivity index (χ0v) is 21.0. The summed E-state index contributed by atoms with van der Waals surface area (Å²) in [5, 5.41) is 15.2. The Labute approximate surface area is 206 Å². The SMILES string of the molecule is CCCn1c(=O)c2ccc(C(=O)NC(C)C)cc2n2c(SCC(=O)Nc3cccc(C)c3)nnc12. The van der Waals surface area contributed by atoms with Gasteiger partial charge in [-0.25, -0.2) is 0 Å². The van der Waals surface area contributed by atoms with Crippen molar-refractivity contribution in [1.82, 2.24) is 24.5 Å². The molecule has 182 valence electrons. The summed E-state index contributed by atoms with van der Waals surface area (Å²) in [6.45, 7) is 8.19. The standard InChI is InChI=1S/C25H28N6O3S/c1-5-11-30-23(34)19-10-9-17(22(33)26-15(2)3)13-20(19)31-24(30)28-29-25(31)35-14-21(32)27-18-8-6-7-16(4)12-18/h6-10,12-13,15H,5,11,14H2,1-4H3,(H,26,33)(H,27,32). The lowest BCUT2D eigenvalue weighted by Crippen LogP contribution is -2.30. The van der Waals surface area contributed by atoms with E-state index < -0.39 is 0 Å². The van der Waals surface area contributed by atoms with Crippen molar-refractivity contribution in [3.63, 3.8) is 0 Å². The zero-order valence-electron chi connectivity index (χ0n) is 20.2. The number of aromatic nitrogens is 4. The second kappa shape index (κ2) is 10.3. The van der Waals surface area contributed by atoms with Crippen LogP contribution in [-0.4, -0.2) is 42.8 Å². The zero-order chi connectivity index (χ0) is 25.1. The lowest BCUT2D eigenvalue weighted by Gasteiger charge is -2.13. The van der Waals surface area contributed by atoms with Gasteiger partial charge < -0.3 is 10.6 Å². The van der Waals surface area contributed by atoms with Crippen molar-refractivity contribution in [2.24, 2.45) is 0 Å². The van der Waals surface area contributed by atoms with E-state index >= 15 is 0 Å². The number of nitrogens with zero attached hydrogens (tertiary/aromatic N) is 4.